The molecule has 4 rings (SSSR count). The van der Waals surface area contributed by atoms with Crippen LogP contribution in [0.2, 0.25) is 5.02 Å². The highest BCUT2D eigenvalue weighted by molar-refractivity contribution is 6.31. The van der Waals surface area contributed by atoms with Crippen LogP contribution >= 0.6 is 11.6 Å². The van der Waals surface area contributed by atoms with Crippen LogP contribution in [-0.4, -0.2) is 20.8 Å². The number of anilines is 1. The van der Waals surface area contributed by atoms with Crippen LogP contribution in [0.25, 0.3) is 0 Å². The van der Waals surface area contributed by atoms with Gasteiger partial charge in [-0.05, 0) is 37.1 Å². The molecule has 158 valence electrons. The molecule has 8 heteroatoms. The van der Waals surface area contributed by atoms with Gasteiger partial charge in [-0.2, -0.15) is 5.10 Å². The monoisotopic (exact) mass is 436 g/mol. The molecule has 2 aromatic heterocycles. The fourth-order valence-electron chi connectivity index (χ4n) is 3.10. The van der Waals surface area contributed by atoms with Crippen LogP contribution in [0.3, 0.4) is 0 Å². The van der Waals surface area contributed by atoms with E-state index in [0.717, 1.165) is 16.9 Å². The Balaban J connectivity index is 1.44. The lowest BCUT2D eigenvalue weighted by atomic mass is 10.2. The Bertz CT molecular complexity index is 1220. The van der Waals surface area contributed by atoms with E-state index < -0.39 is 5.91 Å². The zero-order valence-electron chi connectivity index (χ0n) is 17.1. The third-order valence-electron chi connectivity index (χ3n) is 4.84. The number of aryl methyl sites for hydroxylation is 2. The molecule has 0 radical (unpaired) electrons. The number of para-hydroxylation sites is 1. The van der Waals surface area contributed by atoms with Crippen molar-refractivity contribution in [3.8, 4) is 5.75 Å². The molecule has 0 saturated carbocycles. The number of carbonyl (C=O) groups excluding carboxylic acids is 1. The number of ether oxygens (including phenoxy) is 1. The summed E-state index contributed by atoms with van der Waals surface area (Å²) in [5.41, 5.74) is 2.71. The van der Waals surface area contributed by atoms with Crippen molar-refractivity contribution in [1.29, 1.82) is 0 Å². The van der Waals surface area contributed by atoms with E-state index in [0.29, 0.717) is 28.7 Å². The van der Waals surface area contributed by atoms with Gasteiger partial charge in [0.2, 0.25) is 0 Å². The van der Waals surface area contributed by atoms with Crippen LogP contribution in [-0.2, 0) is 13.2 Å². The minimum Gasteiger partial charge on any atom is -0.488 e. The van der Waals surface area contributed by atoms with Crippen molar-refractivity contribution in [3.05, 3.63) is 94.0 Å². The summed E-state index contributed by atoms with van der Waals surface area (Å²) in [5, 5.41) is 11.7. The summed E-state index contributed by atoms with van der Waals surface area (Å²) in [6.07, 6.45) is 1.77. The average molecular weight is 437 g/mol. The first-order valence-electron chi connectivity index (χ1n) is 9.73. The van der Waals surface area contributed by atoms with Crippen LogP contribution in [0, 0.1) is 13.8 Å². The number of carbonyl (C=O) groups is 1. The number of hydrogen-bond acceptors (Lipinski definition) is 5. The van der Waals surface area contributed by atoms with Gasteiger partial charge in [-0.25, -0.2) is 0 Å². The summed E-state index contributed by atoms with van der Waals surface area (Å²) in [6, 6.07) is 16.9. The first-order valence-corrected chi connectivity index (χ1v) is 10.1. The number of halogens is 1. The highest BCUT2D eigenvalue weighted by Gasteiger charge is 2.21. The summed E-state index contributed by atoms with van der Waals surface area (Å²) in [6.45, 7) is 4.37. The summed E-state index contributed by atoms with van der Waals surface area (Å²) >= 11 is 6.21. The van der Waals surface area contributed by atoms with Crippen LogP contribution in [0.15, 0.2) is 65.3 Å². The molecule has 4 aromatic rings. The Hall–Kier alpha value is -3.58. The summed E-state index contributed by atoms with van der Waals surface area (Å²) in [4.78, 5) is 12.8. The van der Waals surface area contributed by atoms with Gasteiger partial charge in [-0.3, -0.25) is 9.48 Å². The molecule has 0 aliphatic heterocycles. The van der Waals surface area contributed by atoms with Crippen LogP contribution in [0.5, 0.6) is 5.75 Å². The lowest BCUT2D eigenvalue weighted by Gasteiger charge is -2.09. The standard InChI is InChI=1S/C23H21ClN4O3/c1-15-7-3-6-10-20(15)30-14-18-16(2)31-27-22(18)23(29)25-21-11-12-28(26-21)13-17-8-4-5-9-19(17)24/h3-12H,13-14H2,1-2H3,(H,25,26,29). The Morgan fingerprint density at radius 1 is 1.13 bits per heavy atom. The van der Waals surface area contributed by atoms with E-state index >= 15 is 0 Å². The molecule has 0 spiro atoms. The molecule has 0 atom stereocenters. The fourth-order valence-corrected chi connectivity index (χ4v) is 3.30. The van der Waals surface area contributed by atoms with Crippen molar-refractivity contribution < 1.29 is 14.1 Å². The smallest absolute Gasteiger partial charge is 0.279 e. The summed E-state index contributed by atoms with van der Waals surface area (Å²) in [5.74, 6) is 1.27. The minimum absolute atomic E-state index is 0.171. The number of hydrogen-bond donors (Lipinski definition) is 1. The SMILES string of the molecule is Cc1ccccc1OCc1c(C(=O)Nc2ccn(Cc3ccccc3Cl)n2)noc1C. The molecule has 0 fully saturated rings. The molecular weight excluding hydrogens is 416 g/mol. The van der Waals surface area contributed by atoms with Crippen molar-refractivity contribution in [2.45, 2.75) is 27.0 Å². The molecule has 0 aliphatic rings. The number of aromatic nitrogens is 3. The molecule has 0 bridgehead atoms. The van der Waals surface area contributed by atoms with Gasteiger partial charge in [0.25, 0.3) is 5.91 Å². The molecule has 7 nitrogen and oxygen atoms in total. The quantitative estimate of drug-likeness (QED) is 0.439. The number of nitrogens with one attached hydrogen (secondary N) is 1. The lowest BCUT2D eigenvalue weighted by Crippen LogP contribution is -2.16. The molecule has 0 unspecified atom stereocenters. The third-order valence-corrected chi connectivity index (χ3v) is 5.21. The molecule has 1 N–H and O–H groups in total. The number of rotatable bonds is 7. The van der Waals surface area contributed by atoms with E-state index in [2.05, 4.69) is 15.6 Å². The average Bonchev–Trinajstić information content (AvgIpc) is 3.35. The number of nitrogens with zero attached hydrogens (tertiary/aromatic N) is 3. The van der Waals surface area contributed by atoms with Gasteiger partial charge in [0, 0.05) is 17.3 Å². The first kappa shape index (κ1) is 20.7. The first-order chi connectivity index (χ1) is 15.0. The summed E-state index contributed by atoms with van der Waals surface area (Å²) in [7, 11) is 0. The Morgan fingerprint density at radius 2 is 1.90 bits per heavy atom. The van der Waals surface area contributed by atoms with Gasteiger partial charge in [-0.15, -0.1) is 0 Å². The van der Waals surface area contributed by atoms with Crippen molar-refractivity contribution >= 4 is 23.3 Å². The summed E-state index contributed by atoms with van der Waals surface area (Å²) < 4.78 is 12.8. The molecular formula is C23H21ClN4O3. The topological polar surface area (TPSA) is 82.2 Å². The number of benzene rings is 2. The molecule has 0 aliphatic carbocycles. The maximum Gasteiger partial charge on any atom is 0.279 e. The highest BCUT2D eigenvalue weighted by Crippen LogP contribution is 2.22. The van der Waals surface area contributed by atoms with E-state index in [4.69, 9.17) is 20.9 Å². The maximum atomic E-state index is 12.8. The zero-order chi connectivity index (χ0) is 21.8. The van der Waals surface area contributed by atoms with Gasteiger partial charge in [0.1, 0.15) is 18.1 Å². The fraction of sp³-hybridized carbons (Fsp3) is 0.174. The van der Waals surface area contributed by atoms with Crippen molar-refractivity contribution in [2.24, 2.45) is 0 Å². The molecule has 1 amide bonds. The van der Waals surface area contributed by atoms with E-state index in [1.54, 1.807) is 23.9 Å². The van der Waals surface area contributed by atoms with Gasteiger partial charge >= 0.3 is 0 Å². The molecule has 2 aromatic carbocycles. The van der Waals surface area contributed by atoms with E-state index in [1.165, 1.54) is 0 Å². The van der Waals surface area contributed by atoms with Crippen LogP contribution < -0.4 is 10.1 Å². The highest BCUT2D eigenvalue weighted by atomic mass is 35.5. The molecule has 2 heterocycles. The van der Waals surface area contributed by atoms with Crippen molar-refractivity contribution in [3.63, 3.8) is 0 Å². The van der Waals surface area contributed by atoms with Crippen molar-refractivity contribution in [2.75, 3.05) is 5.32 Å². The Labute approximate surface area is 184 Å². The third kappa shape index (κ3) is 4.78. The Morgan fingerprint density at radius 3 is 2.71 bits per heavy atom. The number of amides is 1. The van der Waals surface area contributed by atoms with Crippen LogP contribution in [0.1, 0.15) is 32.9 Å². The van der Waals surface area contributed by atoms with E-state index in [9.17, 15) is 4.79 Å². The molecule has 31 heavy (non-hydrogen) atoms. The largest absolute Gasteiger partial charge is 0.488 e. The second-order valence-corrected chi connectivity index (χ2v) is 7.47. The maximum absolute atomic E-state index is 12.8. The minimum atomic E-state index is -0.414. The lowest BCUT2D eigenvalue weighted by molar-refractivity contribution is 0.101. The van der Waals surface area contributed by atoms with E-state index in [-0.39, 0.29) is 12.3 Å². The van der Waals surface area contributed by atoms with Gasteiger partial charge in [0.15, 0.2) is 11.5 Å². The van der Waals surface area contributed by atoms with Crippen molar-refractivity contribution in [1.82, 2.24) is 14.9 Å². The second-order valence-electron chi connectivity index (χ2n) is 7.06. The normalized spacial score (nSPS) is 10.8. The Kier molecular flexibility index (Phi) is 6.04. The van der Waals surface area contributed by atoms with Gasteiger partial charge in [0.05, 0.1) is 12.1 Å². The zero-order valence-corrected chi connectivity index (χ0v) is 17.9. The van der Waals surface area contributed by atoms with Gasteiger partial charge in [-0.1, -0.05) is 53.2 Å². The van der Waals surface area contributed by atoms with E-state index in [1.807, 2.05) is 55.5 Å². The predicted octanol–water partition coefficient (Wildman–Crippen LogP) is 5.02. The second kappa shape index (κ2) is 9.06. The van der Waals surface area contributed by atoms with Gasteiger partial charge < -0.3 is 14.6 Å². The predicted molar refractivity (Wildman–Crippen MR) is 117 cm³/mol. The van der Waals surface area contributed by atoms with Crippen LogP contribution in [0.4, 0.5) is 5.82 Å². The molecule has 0 saturated heterocycles.